The summed E-state index contributed by atoms with van der Waals surface area (Å²) < 4.78 is 40.3. The van der Waals surface area contributed by atoms with Crippen molar-refractivity contribution < 1.29 is 23.1 Å². The molecule has 2 aliphatic carbocycles. The van der Waals surface area contributed by atoms with Crippen LogP contribution in [0, 0.1) is 29.6 Å². The Balaban J connectivity index is 1.56. The first-order valence-electron chi connectivity index (χ1n) is 9.74. The molecule has 154 valence electrons. The van der Waals surface area contributed by atoms with Crippen molar-refractivity contribution in [1.82, 2.24) is 9.97 Å². The lowest BCUT2D eigenvalue weighted by atomic mass is 10.0. The number of carbonyl (C=O) groups is 1. The highest BCUT2D eigenvalue weighted by atomic mass is 19.4. The van der Waals surface area contributed by atoms with Crippen molar-refractivity contribution in [1.29, 1.82) is 0 Å². The highest BCUT2D eigenvalue weighted by Gasteiger charge is 2.59. The molecule has 5 atom stereocenters. The third kappa shape index (κ3) is 3.39. The van der Waals surface area contributed by atoms with E-state index in [1.54, 1.807) is 18.9 Å². The van der Waals surface area contributed by atoms with Crippen LogP contribution in [0.25, 0.3) is 0 Å². The normalized spacial score (nSPS) is 28.6. The highest BCUT2D eigenvalue weighted by molar-refractivity contribution is 5.71. The number of anilines is 2. The minimum atomic E-state index is -4.54. The average Bonchev–Trinajstić information content (AvgIpc) is 3.56. The van der Waals surface area contributed by atoms with E-state index in [1.807, 2.05) is 11.8 Å². The van der Waals surface area contributed by atoms with Gasteiger partial charge in [-0.05, 0) is 43.4 Å². The molecule has 3 aliphatic rings. The Kier molecular flexibility index (Phi) is 4.46. The van der Waals surface area contributed by atoms with Crippen molar-refractivity contribution in [2.75, 3.05) is 29.9 Å². The summed E-state index contributed by atoms with van der Waals surface area (Å²) in [6.07, 6.45) is -2.38. The van der Waals surface area contributed by atoms with Crippen molar-refractivity contribution in [3.63, 3.8) is 0 Å². The number of carboxylic acid groups (broad SMARTS) is 1. The van der Waals surface area contributed by atoms with Gasteiger partial charge in [0.05, 0.1) is 5.92 Å². The molecule has 0 radical (unpaired) electrons. The molecule has 1 aromatic heterocycles. The van der Waals surface area contributed by atoms with E-state index in [0.29, 0.717) is 19.0 Å². The SMILES string of the molecule is CC(C(=O)O)C1[C@H]2CN(c3cc(C(F)(F)F)nc(N(C)[C@@H](C)C4CC4)n3)C[C@@H]12. The van der Waals surface area contributed by atoms with Crippen LogP contribution in [0.5, 0.6) is 0 Å². The second-order valence-electron chi connectivity index (χ2n) is 8.54. The van der Waals surface area contributed by atoms with Gasteiger partial charge < -0.3 is 14.9 Å². The molecular formula is C19H25F3N4O2. The summed E-state index contributed by atoms with van der Waals surface area (Å²) in [5.41, 5.74) is -0.932. The highest BCUT2D eigenvalue weighted by Crippen LogP contribution is 2.56. The monoisotopic (exact) mass is 398 g/mol. The number of fused-ring (bicyclic) bond motifs is 1. The van der Waals surface area contributed by atoms with Gasteiger partial charge in [-0.15, -0.1) is 0 Å². The Labute approximate surface area is 161 Å². The fourth-order valence-corrected chi connectivity index (χ4v) is 4.63. The van der Waals surface area contributed by atoms with E-state index in [0.717, 1.165) is 18.9 Å². The molecule has 1 saturated heterocycles. The second kappa shape index (κ2) is 6.49. The van der Waals surface area contributed by atoms with Crippen molar-refractivity contribution >= 4 is 17.7 Å². The molecule has 1 aromatic rings. The quantitative estimate of drug-likeness (QED) is 0.794. The maximum Gasteiger partial charge on any atom is 0.433 e. The summed E-state index contributed by atoms with van der Waals surface area (Å²) in [4.78, 5) is 23.0. The second-order valence-corrected chi connectivity index (χ2v) is 8.54. The maximum atomic E-state index is 13.4. The van der Waals surface area contributed by atoms with Crippen molar-refractivity contribution in [2.24, 2.45) is 29.6 Å². The van der Waals surface area contributed by atoms with E-state index in [4.69, 9.17) is 0 Å². The zero-order valence-corrected chi connectivity index (χ0v) is 16.1. The lowest BCUT2D eigenvalue weighted by Crippen LogP contribution is -2.34. The van der Waals surface area contributed by atoms with Gasteiger partial charge in [-0.1, -0.05) is 6.92 Å². The van der Waals surface area contributed by atoms with Gasteiger partial charge in [0.2, 0.25) is 5.95 Å². The number of rotatable bonds is 6. The zero-order valence-electron chi connectivity index (χ0n) is 16.1. The van der Waals surface area contributed by atoms with E-state index < -0.39 is 23.8 Å². The van der Waals surface area contributed by atoms with E-state index in [1.165, 1.54) is 0 Å². The van der Waals surface area contributed by atoms with Crippen LogP contribution < -0.4 is 9.80 Å². The molecule has 1 aliphatic heterocycles. The number of aromatic nitrogens is 2. The molecule has 2 heterocycles. The largest absolute Gasteiger partial charge is 0.481 e. The minimum Gasteiger partial charge on any atom is -0.481 e. The number of alkyl halides is 3. The summed E-state index contributed by atoms with van der Waals surface area (Å²) in [7, 11) is 1.74. The standard InChI is InChI=1S/C19H25F3N4O2/c1-9(17(27)28)16-12-7-26(8-13(12)16)15-6-14(19(20,21)22)23-18(24-15)25(3)10(2)11-4-5-11/h6,9-13,16H,4-5,7-8H2,1-3H3,(H,27,28)/t9?,10-,12-,13+,16?/m0/s1. The van der Waals surface area contributed by atoms with Crippen LogP contribution in [0.1, 0.15) is 32.4 Å². The molecule has 6 nitrogen and oxygen atoms in total. The molecule has 3 fully saturated rings. The molecule has 0 bridgehead atoms. The molecule has 0 aromatic carbocycles. The van der Waals surface area contributed by atoms with E-state index >= 15 is 0 Å². The van der Waals surface area contributed by atoms with Gasteiger partial charge in [0.25, 0.3) is 0 Å². The van der Waals surface area contributed by atoms with Crippen molar-refractivity contribution in [3.8, 4) is 0 Å². The average molecular weight is 398 g/mol. The number of piperidine rings is 1. The fourth-order valence-electron chi connectivity index (χ4n) is 4.63. The number of hydrogen-bond donors (Lipinski definition) is 1. The third-order valence-electron chi connectivity index (χ3n) is 6.77. The van der Waals surface area contributed by atoms with Crippen LogP contribution in [0.15, 0.2) is 6.07 Å². The van der Waals surface area contributed by atoms with Crippen LogP contribution in [0.2, 0.25) is 0 Å². The van der Waals surface area contributed by atoms with Gasteiger partial charge in [-0.2, -0.15) is 18.2 Å². The Hall–Kier alpha value is -2.06. The van der Waals surface area contributed by atoms with Gasteiger partial charge >= 0.3 is 12.1 Å². The Morgan fingerprint density at radius 3 is 2.36 bits per heavy atom. The van der Waals surface area contributed by atoms with Crippen LogP contribution in [0.4, 0.5) is 24.9 Å². The number of aliphatic carboxylic acids is 1. The predicted molar refractivity (Wildman–Crippen MR) is 97.1 cm³/mol. The molecular weight excluding hydrogens is 373 g/mol. The molecule has 0 amide bonds. The van der Waals surface area contributed by atoms with Gasteiger partial charge in [0, 0.05) is 32.2 Å². The Morgan fingerprint density at radius 1 is 1.25 bits per heavy atom. The minimum absolute atomic E-state index is 0.0871. The summed E-state index contributed by atoms with van der Waals surface area (Å²) in [6, 6.07) is 1.10. The topological polar surface area (TPSA) is 69.6 Å². The predicted octanol–water partition coefficient (Wildman–Crippen LogP) is 3.13. The molecule has 9 heteroatoms. The van der Waals surface area contributed by atoms with Gasteiger partial charge in [-0.3, -0.25) is 4.79 Å². The molecule has 2 saturated carbocycles. The summed E-state index contributed by atoms with van der Waals surface area (Å²) >= 11 is 0. The van der Waals surface area contributed by atoms with E-state index in [9.17, 15) is 23.1 Å². The lowest BCUT2D eigenvalue weighted by Gasteiger charge is -2.28. The molecule has 0 spiro atoms. The third-order valence-corrected chi connectivity index (χ3v) is 6.77. The van der Waals surface area contributed by atoms with Crippen LogP contribution in [-0.4, -0.2) is 47.2 Å². The van der Waals surface area contributed by atoms with Crippen molar-refractivity contribution in [3.05, 3.63) is 11.8 Å². The van der Waals surface area contributed by atoms with Crippen LogP contribution in [0.3, 0.4) is 0 Å². The van der Waals surface area contributed by atoms with Gasteiger partial charge in [-0.25, -0.2) is 4.98 Å². The molecule has 4 rings (SSSR count). The number of halogens is 3. The lowest BCUT2D eigenvalue weighted by molar-refractivity contribution is -0.142. The van der Waals surface area contributed by atoms with Gasteiger partial charge in [0.1, 0.15) is 5.82 Å². The zero-order chi connectivity index (χ0) is 20.4. The molecule has 28 heavy (non-hydrogen) atoms. The Morgan fingerprint density at radius 2 is 1.86 bits per heavy atom. The number of nitrogens with zero attached hydrogens (tertiary/aromatic N) is 4. The van der Waals surface area contributed by atoms with Crippen LogP contribution >= 0.6 is 0 Å². The summed E-state index contributed by atoms with van der Waals surface area (Å²) in [5, 5.41) is 9.19. The van der Waals surface area contributed by atoms with Crippen LogP contribution in [-0.2, 0) is 11.0 Å². The first-order valence-corrected chi connectivity index (χ1v) is 9.74. The van der Waals surface area contributed by atoms with E-state index in [-0.39, 0.29) is 35.6 Å². The number of carboxylic acids is 1. The smallest absolute Gasteiger partial charge is 0.433 e. The first kappa shape index (κ1) is 19.3. The molecule has 1 N–H and O–H groups in total. The van der Waals surface area contributed by atoms with Gasteiger partial charge in [0.15, 0.2) is 5.69 Å². The van der Waals surface area contributed by atoms with Crippen molar-refractivity contribution in [2.45, 2.75) is 38.9 Å². The number of hydrogen-bond acceptors (Lipinski definition) is 5. The summed E-state index contributed by atoms with van der Waals surface area (Å²) in [5.74, 6) is 0.143. The maximum absolute atomic E-state index is 13.4. The first-order chi connectivity index (χ1) is 13.1. The Bertz CT molecular complexity index is 771. The fraction of sp³-hybridized carbons (Fsp3) is 0.737. The summed E-state index contributed by atoms with van der Waals surface area (Å²) in [6.45, 7) is 4.78. The molecule has 2 unspecified atom stereocenters. The van der Waals surface area contributed by atoms with E-state index in [2.05, 4.69) is 9.97 Å².